The summed E-state index contributed by atoms with van der Waals surface area (Å²) in [7, 11) is 0. The monoisotopic (exact) mass is 347 g/mol. The van der Waals surface area contributed by atoms with Crippen molar-refractivity contribution in [3.63, 3.8) is 0 Å². The zero-order valence-electron chi connectivity index (χ0n) is 12.7. The molecule has 4 nitrogen and oxygen atoms in total. The summed E-state index contributed by atoms with van der Waals surface area (Å²) in [4.78, 5) is 16.3. The zero-order chi connectivity index (χ0) is 16.4. The molecule has 0 aromatic carbocycles. The Bertz CT molecular complexity index is 560. The summed E-state index contributed by atoms with van der Waals surface area (Å²) in [5.41, 5.74) is 0. The second-order valence-corrected chi connectivity index (χ2v) is 7.23. The minimum Gasteiger partial charge on any atom is -0.336 e. The van der Waals surface area contributed by atoms with Gasteiger partial charge in [0.1, 0.15) is 4.88 Å². The third-order valence-electron chi connectivity index (χ3n) is 4.37. The normalized spacial score (nSPS) is 24.2. The Kier molecular flexibility index (Phi) is 4.93. The molecule has 1 amide bonds. The summed E-state index contributed by atoms with van der Waals surface area (Å²) in [6, 6.07) is 2.90. The van der Waals surface area contributed by atoms with E-state index < -0.39 is 11.1 Å². The Morgan fingerprint density at radius 1 is 1.30 bits per heavy atom. The Balaban J connectivity index is 1.60. The number of hydrogen-bond donors (Lipinski definition) is 1. The quantitative estimate of drug-likeness (QED) is 0.910. The molecule has 1 unspecified atom stereocenters. The number of carbonyl (C=O) groups is 1. The van der Waals surface area contributed by atoms with E-state index in [1.165, 1.54) is 0 Å². The van der Waals surface area contributed by atoms with Crippen LogP contribution in [0.2, 0.25) is 0 Å². The van der Waals surface area contributed by atoms with E-state index in [4.69, 9.17) is 0 Å². The van der Waals surface area contributed by atoms with Gasteiger partial charge in [0, 0.05) is 37.1 Å². The first kappa shape index (κ1) is 16.7. The van der Waals surface area contributed by atoms with Gasteiger partial charge in [0.25, 0.3) is 0 Å². The van der Waals surface area contributed by atoms with Crippen molar-refractivity contribution >= 4 is 17.2 Å². The number of halogens is 3. The molecular formula is C15H20F3N3OS. The fourth-order valence-electron chi connectivity index (χ4n) is 3.27. The van der Waals surface area contributed by atoms with Crippen LogP contribution in [0.5, 0.6) is 0 Å². The van der Waals surface area contributed by atoms with Crippen LogP contribution in [0, 0.1) is 0 Å². The third-order valence-corrected chi connectivity index (χ3v) is 5.48. The topological polar surface area (TPSA) is 35.6 Å². The van der Waals surface area contributed by atoms with Crippen molar-refractivity contribution in [2.24, 2.45) is 0 Å². The third kappa shape index (κ3) is 4.05. The molecule has 2 aliphatic heterocycles. The van der Waals surface area contributed by atoms with Gasteiger partial charge in [-0.3, -0.25) is 9.69 Å². The Morgan fingerprint density at radius 2 is 2.13 bits per heavy atom. The van der Waals surface area contributed by atoms with Crippen LogP contribution in [0.15, 0.2) is 12.1 Å². The zero-order valence-corrected chi connectivity index (χ0v) is 13.6. The lowest BCUT2D eigenvalue weighted by Gasteiger charge is -2.41. The van der Waals surface area contributed by atoms with E-state index in [0.717, 1.165) is 54.8 Å². The van der Waals surface area contributed by atoms with E-state index in [1.54, 1.807) is 6.07 Å². The largest absolute Gasteiger partial charge is 0.425 e. The molecule has 1 N–H and O–H groups in total. The van der Waals surface area contributed by atoms with E-state index in [1.807, 2.05) is 4.90 Å². The molecule has 2 fully saturated rings. The summed E-state index contributed by atoms with van der Waals surface area (Å²) in [6.45, 7) is 4.05. The average molecular weight is 347 g/mol. The first-order valence-electron chi connectivity index (χ1n) is 7.82. The first-order chi connectivity index (χ1) is 10.9. The molecule has 8 heteroatoms. The van der Waals surface area contributed by atoms with Gasteiger partial charge in [-0.25, -0.2) is 0 Å². The first-order valence-corrected chi connectivity index (χ1v) is 8.63. The Morgan fingerprint density at radius 3 is 2.83 bits per heavy atom. The van der Waals surface area contributed by atoms with Crippen LogP contribution < -0.4 is 5.32 Å². The summed E-state index contributed by atoms with van der Waals surface area (Å²) in [5, 5.41) is 3.06. The Labute approximate surface area is 137 Å². The van der Waals surface area contributed by atoms with Crippen LogP contribution in [0.25, 0.3) is 0 Å². The number of thiophene rings is 1. The maximum atomic E-state index is 12.7. The number of carbonyl (C=O) groups excluding carboxylic acids is 1. The predicted octanol–water partition coefficient (Wildman–Crippen LogP) is 2.16. The average Bonchev–Trinajstić information content (AvgIpc) is 2.97. The summed E-state index contributed by atoms with van der Waals surface area (Å²) in [5.74, 6) is 0.124. The van der Waals surface area contributed by atoms with E-state index in [-0.39, 0.29) is 11.9 Å². The Hall–Kier alpha value is -1.12. The molecule has 2 aliphatic rings. The highest BCUT2D eigenvalue weighted by molar-refractivity contribution is 7.12. The van der Waals surface area contributed by atoms with Gasteiger partial charge < -0.3 is 10.2 Å². The number of piperidine rings is 1. The number of amides is 1. The van der Waals surface area contributed by atoms with Crippen LogP contribution in [-0.2, 0) is 17.5 Å². The second-order valence-electron chi connectivity index (χ2n) is 6.06. The maximum absolute atomic E-state index is 12.7. The number of likely N-dealkylation sites (tertiary alicyclic amines) is 1. The van der Waals surface area contributed by atoms with Crippen LogP contribution >= 0.6 is 11.3 Å². The number of rotatable bonds is 3. The maximum Gasteiger partial charge on any atom is 0.425 e. The highest BCUT2D eigenvalue weighted by Crippen LogP contribution is 2.35. The predicted molar refractivity (Wildman–Crippen MR) is 82.2 cm³/mol. The fourth-order valence-corrected chi connectivity index (χ4v) is 4.19. The molecule has 23 heavy (non-hydrogen) atoms. The number of alkyl halides is 3. The molecule has 0 radical (unpaired) electrons. The van der Waals surface area contributed by atoms with Crippen molar-refractivity contribution in [1.82, 2.24) is 15.1 Å². The minimum absolute atomic E-state index is 0.124. The van der Waals surface area contributed by atoms with Crippen molar-refractivity contribution in [3.05, 3.63) is 21.9 Å². The summed E-state index contributed by atoms with van der Waals surface area (Å²) >= 11 is 0.814. The van der Waals surface area contributed by atoms with Crippen LogP contribution in [-0.4, -0.2) is 54.5 Å². The lowest BCUT2D eigenvalue weighted by molar-refractivity contribution is -0.136. The number of hydrogen-bond acceptors (Lipinski definition) is 4. The van der Waals surface area contributed by atoms with Crippen LogP contribution in [0.1, 0.15) is 22.6 Å². The van der Waals surface area contributed by atoms with Gasteiger partial charge in [0.2, 0.25) is 5.91 Å². The molecular weight excluding hydrogens is 327 g/mol. The summed E-state index contributed by atoms with van der Waals surface area (Å²) in [6.07, 6.45) is -2.32. The van der Waals surface area contributed by atoms with E-state index in [2.05, 4.69) is 10.2 Å². The van der Waals surface area contributed by atoms with Crippen LogP contribution in [0.3, 0.4) is 0 Å². The molecule has 0 saturated carbocycles. The van der Waals surface area contributed by atoms with Gasteiger partial charge in [0.15, 0.2) is 0 Å². The highest BCUT2D eigenvalue weighted by Gasteiger charge is 2.33. The molecule has 128 valence electrons. The van der Waals surface area contributed by atoms with Gasteiger partial charge in [0.05, 0.1) is 6.54 Å². The minimum atomic E-state index is -4.26. The second kappa shape index (κ2) is 6.78. The fraction of sp³-hybridized carbons (Fsp3) is 0.667. The van der Waals surface area contributed by atoms with Crippen molar-refractivity contribution in [2.75, 3.05) is 32.7 Å². The standard InChI is InChI=1S/C15H20F3N3OS/c16-15(17,18)13-4-3-12(23-13)10-20-6-1-2-11(9-20)21-7-5-19-8-14(21)22/h3-4,11,19H,1-2,5-10H2. The smallest absolute Gasteiger partial charge is 0.336 e. The molecule has 0 spiro atoms. The van der Waals surface area contributed by atoms with Crippen molar-refractivity contribution in [3.8, 4) is 0 Å². The lowest BCUT2D eigenvalue weighted by atomic mass is 10.0. The van der Waals surface area contributed by atoms with Gasteiger partial charge >= 0.3 is 6.18 Å². The molecule has 0 aliphatic carbocycles. The van der Waals surface area contributed by atoms with E-state index >= 15 is 0 Å². The molecule has 1 atom stereocenters. The van der Waals surface area contributed by atoms with E-state index in [9.17, 15) is 18.0 Å². The number of nitrogens with one attached hydrogen (secondary N) is 1. The number of nitrogens with zero attached hydrogens (tertiary/aromatic N) is 2. The van der Waals surface area contributed by atoms with E-state index in [0.29, 0.717) is 19.6 Å². The molecule has 3 rings (SSSR count). The molecule has 1 aromatic heterocycles. The van der Waals surface area contributed by atoms with Crippen molar-refractivity contribution in [1.29, 1.82) is 0 Å². The highest BCUT2D eigenvalue weighted by atomic mass is 32.1. The van der Waals surface area contributed by atoms with Gasteiger partial charge in [-0.1, -0.05) is 0 Å². The van der Waals surface area contributed by atoms with Crippen molar-refractivity contribution in [2.45, 2.75) is 31.6 Å². The molecule has 1 aromatic rings. The van der Waals surface area contributed by atoms with Gasteiger partial charge in [-0.15, -0.1) is 11.3 Å². The molecule has 3 heterocycles. The van der Waals surface area contributed by atoms with Gasteiger partial charge in [-0.2, -0.15) is 13.2 Å². The summed E-state index contributed by atoms with van der Waals surface area (Å²) < 4.78 is 38.0. The van der Waals surface area contributed by atoms with Crippen molar-refractivity contribution < 1.29 is 18.0 Å². The van der Waals surface area contributed by atoms with Gasteiger partial charge in [-0.05, 0) is 31.5 Å². The van der Waals surface area contributed by atoms with Crippen LogP contribution in [0.4, 0.5) is 13.2 Å². The SMILES string of the molecule is O=C1CNCCN1C1CCCN(Cc2ccc(C(F)(F)F)s2)C1. The molecule has 0 bridgehead atoms. The lowest BCUT2D eigenvalue weighted by Crippen LogP contribution is -2.56. The number of piperazine rings is 1. The molecule has 2 saturated heterocycles.